The van der Waals surface area contributed by atoms with Crippen LogP contribution in [0.3, 0.4) is 0 Å². The van der Waals surface area contributed by atoms with E-state index >= 15 is 0 Å². The Hall–Kier alpha value is -3.27. The number of nitrogens with one attached hydrogen (secondary N) is 1. The normalized spacial score (nSPS) is 12.1. The van der Waals surface area contributed by atoms with Gasteiger partial charge in [0.1, 0.15) is 24.1 Å². The van der Waals surface area contributed by atoms with E-state index in [1.807, 2.05) is 39.8 Å². The van der Waals surface area contributed by atoms with E-state index in [0.29, 0.717) is 30.2 Å². The Kier molecular flexibility index (Phi) is 10.6. The maximum atomic E-state index is 13.7. The summed E-state index contributed by atoms with van der Waals surface area (Å²) in [6.45, 7) is 7.52. The Bertz CT molecular complexity index is 1100. The SMILES string of the molecule is CCOc1ccc(N(CC(=O)N(Cc2ccc(OC)cc2)[C@H](CC)C(=O)NC(C)C)S(C)(=O)=O)cc1. The molecule has 2 amide bonds. The molecule has 2 aromatic carbocycles. The number of carbonyl (C=O) groups is 2. The minimum absolute atomic E-state index is 0.110. The van der Waals surface area contributed by atoms with E-state index in [1.54, 1.807) is 43.5 Å². The average Bonchev–Trinajstić information content (AvgIpc) is 2.82. The maximum Gasteiger partial charge on any atom is 0.244 e. The zero-order valence-corrected chi connectivity index (χ0v) is 22.7. The number of sulfonamides is 1. The molecule has 0 unspecified atom stereocenters. The number of ether oxygens (including phenoxy) is 2. The molecule has 0 aliphatic rings. The Morgan fingerprint density at radius 1 is 0.972 bits per heavy atom. The molecular formula is C26H37N3O6S. The summed E-state index contributed by atoms with van der Waals surface area (Å²) in [5.41, 5.74) is 1.12. The summed E-state index contributed by atoms with van der Waals surface area (Å²) in [5, 5.41) is 2.87. The number of benzene rings is 2. The van der Waals surface area contributed by atoms with E-state index < -0.39 is 28.5 Å². The monoisotopic (exact) mass is 519 g/mol. The molecule has 0 saturated heterocycles. The molecule has 1 atom stereocenters. The van der Waals surface area contributed by atoms with Crippen molar-refractivity contribution in [3.63, 3.8) is 0 Å². The second-order valence-electron chi connectivity index (χ2n) is 8.65. The highest BCUT2D eigenvalue weighted by Crippen LogP contribution is 2.23. The van der Waals surface area contributed by atoms with Gasteiger partial charge < -0.3 is 19.7 Å². The number of hydrogen-bond donors (Lipinski definition) is 1. The van der Waals surface area contributed by atoms with Crippen LogP contribution in [0.25, 0.3) is 0 Å². The lowest BCUT2D eigenvalue weighted by Crippen LogP contribution is -2.53. The quantitative estimate of drug-likeness (QED) is 0.436. The highest BCUT2D eigenvalue weighted by Gasteiger charge is 2.32. The largest absolute Gasteiger partial charge is 0.497 e. The van der Waals surface area contributed by atoms with Crippen molar-refractivity contribution in [1.82, 2.24) is 10.2 Å². The van der Waals surface area contributed by atoms with Gasteiger partial charge >= 0.3 is 0 Å². The molecule has 0 fully saturated rings. The number of anilines is 1. The maximum absolute atomic E-state index is 13.7. The molecule has 1 N–H and O–H groups in total. The van der Waals surface area contributed by atoms with E-state index in [-0.39, 0.29) is 18.5 Å². The molecule has 0 aromatic heterocycles. The summed E-state index contributed by atoms with van der Waals surface area (Å²) in [6, 6.07) is 12.8. The second-order valence-corrected chi connectivity index (χ2v) is 10.6. The first-order valence-corrected chi connectivity index (χ1v) is 13.8. The number of nitrogens with zero attached hydrogens (tertiary/aromatic N) is 2. The average molecular weight is 520 g/mol. The highest BCUT2D eigenvalue weighted by atomic mass is 32.2. The molecule has 0 aliphatic carbocycles. The Balaban J connectivity index is 2.41. The van der Waals surface area contributed by atoms with Gasteiger partial charge in [-0.3, -0.25) is 13.9 Å². The lowest BCUT2D eigenvalue weighted by atomic mass is 10.1. The van der Waals surface area contributed by atoms with Crippen molar-refractivity contribution in [2.75, 3.05) is 30.8 Å². The third-order valence-corrected chi connectivity index (χ3v) is 6.58. The molecule has 0 spiro atoms. The number of rotatable bonds is 13. The number of methoxy groups -OCH3 is 1. The molecule has 0 bridgehead atoms. The predicted octanol–water partition coefficient (Wildman–Crippen LogP) is 3.19. The fraction of sp³-hybridized carbons (Fsp3) is 0.462. The van der Waals surface area contributed by atoms with Crippen molar-refractivity contribution in [2.45, 2.75) is 52.7 Å². The number of carbonyl (C=O) groups excluding carboxylic acids is 2. The molecule has 0 aliphatic heterocycles. The first-order valence-electron chi connectivity index (χ1n) is 11.9. The van der Waals surface area contributed by atoms with Crippen LogP contribution in [0.2, 0.25) is 0 Å². The first-order chi connectivity index (χ1) is 17.0. The van der Waals surface area contributed by atoms with Gasteiger partial charge in [-0.2, -0.15) is 0 Å². The van der Waals surface area contributed by atoms with Gasteiger partial charge in [0.05, 0.1) is 25.7 Å². The van der Waals surface area contributed by atoms with Crippen LogP contribution in [0.4, 0.5) is 5.69 Å². The van der Waals surface area contributed by atoms with Gasteiger partial charge in [0.15, 0.2) is 0 Å². The van der Waals surface area contributed by atoms with Gasteiger partial charge in [-0.05, 0) is 69.2 Å². The number of amides is 2. The molecule has 10 heteroatoms. The van der Waals surface area contributed by atoms with Crippen LogP contribution in [-0.2, 0) is 26.2 Å². The Morgan fingerprint density at radius 2 is 1.56 bits per heavy atom. The lowest BCUT2D eigenvalue weighted by Gasteiger charge is -2.33. The molecule has 9 nitrogen and oxygen atoms in total. The molecule has 2 aromatic rings. The fourth-order valence-electron chi connectivity index (χ4n) is 3.72. The van der Waals surface area contributed by atoms with Crippen molar-refractivity contribution in [3.8, 4) is 11.5 Å². The summed E-state index contributed by atoms with van der Waals surface area (Å²) in [7, 11) is -2.23. The summed E-state index contributed by atoms with van der Waals surface area (Å²) < 4.78 is 37.0. The van der Waals surface area contributed by atoms with E-state index in [0.717, 1.165) is 16.1 Å². The highest BCUT2D eigenvalue weighted by molar-refractivity contribution is 7.92. The Labute approximate surface area is 214 Å². The van der Waals surface area contributed by atoms with Crippen molar-refractivity contribution < 1.29 is 27.5 Å². The standard InChI is InChI=1S/C26H37N3O6S/c1-7-24(26(31)27-19(3)4)28(17-20-9-13-22(34-5)14-10-20)25(30)18-29(36(6,32)33)21-11-15-23(16-12-21)35-8-2/h9-16,19,24H,7-8,17-18H2,1-6H3,(H,27,31)/t24-/m1/s1. The van der Waals surface area contributed by atoms with Crippen molar-refractivity contribution >= 4 is 27.5 Å². The second kappa shape index (κ2) is 13.2. The van der Waals surface area contributed by atoms with Gasteiger partial charge in [-0.1, -0.05) is 19.1 Å². The van der Waals surface area contributed by atoms with Crippen LogP contribution in [0.15, 0.2) is 48.5 Å². The van der Waals surface area contributed by atoms with Gasteiger partial charge in [-0.25, -0.2) is 8.42 Å². The van der Waals surface area contributed by atoms with Crippen LogP contribution in [0.1, 0.15) is 39.7 Å². The summed E-state index contributed by atoms with van der Waals surface area (Å²) in [5.74, 6) is 0.482. The van der Waals surface area contributed by atoms with E-state index in [2.05, 4.69) is 5.32 Å². The van der Waals surface area contributed by atoms with Crippen LogP contribution < -0.4 is 19.1 Å². The topological polar surface area (TPSA) is 105 Å². The first kappa shape index (κ1) is 29.0. The van der Waals surface area contributed by atoms with E-state index in [9.17, 15) is 18.0 Å². The fourth-order valence-corrected chi connectivity index (χ4v) is 4.57. The minimum atomic E-state index is -3.80. The van der Waals surface area contributed by atoms with Gasteiger partial charge in [-0.15, -0.1) is 0 Å². The zero-order chi connectivity index (χ0) is 26.9. The molecule has 0 radical (unpaired) electrons. The smallest absolute Gasteiger partial charge is 0.244 e. The molecular weight excluding hydrogens is 482 g/mol. The molecule has 198 valence electrons. The van der Waals surface area contributed by atoms with Gasteiger partial charge in [0, 0.05) is 12.6 Å². The summed E-state index contributed by atoms with van der Waals surface area (Å²) in [6.07, 6.45) is 1.41. The summed E-state index contributed by atoms with van der Waals surface area (Å²) in [4.78, 5) is 28.1. The number of hydrogen-bond acceptors (Lipinski definition) is 6. The van der Waals surface area contributed by atoms with Gasteiger partial charge in [0.2, 0.25) is 21.8 Å². The third-order valence-electron chi connectivity index (χ3n) is 5.44. The summed E-state index contributed by atoms with van der Waals surface area (Å²) >= 11 is 0. The van der Waals surface area contributed by atoms with E-state index in [4.69, 9.17) is 9.47 Å². The molecule has 2 rings (SSSR count). The third kappa shape index (κ3) is 8.15. The lowest BCUT2D eigenvalue weighted by molar-refractivity contribution is -0.140. The molecule has 0 saturated carbocycles. The van der Waals surface area contributed by atoms with Crippen molar-refractivity contribution in [2.24, 2.45) is 0 Å². The molecule has 36 heavy (non-hydrogen) atoms. The minimum Gasteiger partial charge on any atom is -0.497 e. The van der Waals surface area contributed by atoms with Crippen LogP contribution in [0.5, 0.6) is 11.5 Å². The van der Waals surface area contributed by atoms with Crippen molar-refractivity contribution in [1.29, 1.82) is 0 Å². The van der Waals surface area contributed by atoms with Gasteiger partial charge in [0.25, 0.3) is 0 Å². The van der Waals surface area contributed by atoms with Crippen LogP contribution in [-0.4, -0.2) is 63.7 Å². The van der Waals surface area contributed by atoms with Crippen LogP contribution in [0, 0.1) is 0 Å². The Morgan fingerprint density at radius 3 is 2.03 bits per heavy atom. The zero-order valence-electron chi connectivity index (χ0n) is 21.9. The molecule has 0 heterocycles. The van der Waals surface area contributed by atoms with Crippen LogP contribution >= 0.6 is 0 Å². The van der Waals surface area contributed by atoms with E-state index in [1.165, 1.54) is 4.90 Å². The van der Waals surface area contributed by atoms with Crippen molar-refractivity contribution in [3.05, 3.63) is 54.1 Å². The predicted molar refractivity (Wildman–Crippen MR) is 141 cm³/mol.